The van der Waals surface area contributed by atoms with E-state index in [1.54, 1.807) is 18.2 Å². The number of benzene rings is 1. The molecule has 0 aliphatic rings. The number of hydrogen-bond acceptors (Lipinski definition) is 4. The molecule has 0 unspecified atom stereocenters. The Morgan fingerprint density at radius 2 is 1.95 bits per heavy atom. The number of carbonyl (C=O) groups excluding carboxylic acids is 2. The van der Waals surface area contributed by atoms with Gasteiger partial charge in [0.1, 0.15) is 5.75 Å². The van der Waals surface area contributed by atoms with Gasteiger partial charge in [0.15, 0.2) is 0 Å². The van der Waals surface area contributed by atoms with Gasteiger partial charge in [-0.05, 0) is 31.0 Å². The first kappa shape index (κ1) is 16.8. The Balaban J connectivity index is 2.43. The molecule has 0 fully saturated rings. The third kappa shape index (κ3) is 6.16. The van der Waals surface area contributed by atoms with Crippen molar-refractivity contribution in [2.24, 2.45) is 0 Å². The second kappa shape index (κ2) is 8.84. The van der Waals surface area contributed by atoms with Gasteiger partial charge in [0.05, 0.1) is 12.3 Å². The van der Waals surface area contributed by atoms with Gasteiger partial charge in [0.2, 0.25) is 5.91 Å². The van der Waals surface area contributed by atoms with Crippen molar-refractivity contribution in [3.63, 3.8) is 0 Å². The van der Waals surface area contributed by atoms with Gasteiger partial charge >= 0.3 is 0 Å². The first-order valence-corrected chi connectivity index (χ1v) is 7.09. The molecule has 21 heavy (non-hydrogen) atoms. The van der Waals surface area contributed by atoms with Gasteiger partial charge in [-0.2, -0.15) is 0 Å². The van der Waals surface area contributed by atoms with E-state index in [1.165, 1.54) is 6.92 Å². The Hall–Kier alpha value is -2.24. The summed E-state index contributed by atoms with van der Waals surface area (Å²) in [4.78, 5) is 22.6. The Kier molecular flexibility index (Phi) is 7.08. The zero-order chi connectivity index (χ0) is 15.7. The fourth-order valence-electron chi connectivity index (χ4n) is 1.69. The van der Waals surface area contributed by atoms with Crippen LogP contribution in [0.3, 0.4) is 0 Å². The van der Waals surface area contributed by atoms with E-state index < -0.39 is 0 Å². The van der Waals surface area contributed by atoms with Crippen LogP contribution < -0.4 is 21.1 Å². The Morgan fingerprint density at radius 1 is 1.24 bits per heavy atom. The Morgan fingerprint density at radius 3 is 2.57 bits per heavy atom. The molecule has 6 heteroatoms. The van der Waals surface area contributed by atoms with Crippen molar-refractivity contribution in [1.29, 1.82) is 0 Å². The van der Waals surface area contributed by atoms with E-state index in [0.717, 1.165) is 6.42 Å². The highest BCUT2D eigenvalue weighted by molar-refractivity contribution is 5.95. The molecule has 1 aromatic rings. The van der Waals surface area contributed by atoms with Gasteiger partial charge in [-0.25, -0.2) is 0 Å². The topological polar surface area (TPSA) is 93.5 Å². The molecule has 0 aliphatic heterocycles. The van der Waals surface area contributed by atoms with Gasteiger partial charge in [0, 0.05) is 25.6 Å². The second-order valence-electron chi connectivity index (χ2n) is 4.69. The molecule has 0 saturated carbocycles. The van der Waals surface area contributed by atoms with E-state index >= 15 is 0 Å². The summed E-state index contributed by atoms with van der Waals surface area (Å²) in [5, 5.41) is 5.44. The summed E-state index contributed by atoms with van der Waals surface area (Å²) in [6, 6.07) is 5.00. The van der Waals surface area contributed by atoms with Crippen LogP contribution in [0.5, 0.6) is 5.75 Å². The highest BCUT2D eigenvalue weighted by Gasteiger charge is 2.08. The van der Waals surface area contributed by atoms with Crippen molar-refractivity contribution >= 4 is 17.5 Å². The second-order valence-corrected chi connectivity index (χ2v) is 4.69. The number of hydrogen-bond donors (Lipinski definition) is 3. The fourth-order valence-corrected chi connectivity index (χ4v) is 1.69. The molecule has 4 N–H and O–H groups in total. The van der Waals surface area contributed by atoms with Gasteiger partial charge in [-0.3, -0.25) is 9.59 Å². The number of anilines is 1. The lowest BCUT2D eigenvalue weighted by Crippen LogP contribution is -2.28. The molecule has 0 radical (unpaired) electrons. The van der Waals surface area contributed by atoms with Crippen LogP contribution in [-0.2, 0) is 4.79 Å². The van der Waals surface area contributed by atoms with Gasteiger partial charge in [-0.15, -0.1) is 0 Å². The van der Waals surface area contributed by atoms with Crippen LogP contribution in [-0.4, -0.2) is 31.5 Å². The van der Waals surface area contributed by atoms with Gasteiger partial charge in [0.25, 0.3) is 5.91 Å². The maximum atomic E-state index is 11.9. The van der Waals surface area contributed by atoms with Crippen molar-refractivity contribution in [3.8, 4) is 5.75 Å². The zero-order valence-corrected chi connectivity index (χ0v) is 12.6. The number of rotatable bonds is 8. The maximum Gasteiger partial charge on any atom is 0.251 e. The predicted molar refractivity (Wildman–Crippen MR) is 82.3 cm³/mol. The van der Waals surface area contributed by atoms with Crippen molar-refractivity contribution in [2.45, 2.75) is 26.7 Å². The SMILES string of the molecule is CCCOc1ccc(C(=O)NCCCNC(C)=O)cc1N. The Bertz CT molecular complexity index is 489. The van der Waals surface area contributed by atoms with Crippen LogP contribution in [0, 0.1) is 0 Å². The monoisotopic (exact) mass is 293 g/mol. The van der Waals surface area contributed by atoms with Gasteiger partial charge < -0.3 is 21.1 Å². The molecule has 0 heterocycles. The van der Waals surface area contributed by atoms with Crippen LogP contribution >= 0.6 is 0 Å². The fraction of sp³-hybridized carbons (Fsp3) is 0.467. The Labute approximate surface area is 125 Å². The lowest BCUT2D eigenvalue weighted by Gasteiger charge is -2.10. The first-order chi connectivity index (χ1) is 10.0. The summed E-state index contributed by atoms with van der Waals surface area (Å²) >= 11 is 0. The molecular weight excluding hydrogens is 270 g/mol. The molecule has 0 saturated heterocycles. The molecule has 0 aromatic heterocycles. The zero-order valence-electron chi connectivity index (χ0n) is 12.6. The van der Waals surface area contributed by atoms with Crippen LogP contribution in [0.4, 0.5) is 5.69 Å². The molecule has 0 aliphatic carbocycles. The average molecular weight is 293 g/mol. The summed E-state index contributed by atoms with van der Waals surface area (Å²) in [5.74, 6) is 0.336. The standard InChI is InChI=1S/C15H23N3O3/c1-3-9-21-14-6-5-12(10-13(14)16)15(20)18-8-4-7-17-11(2)19/h5-6,10H,3-4,7-9,16H2,1-2H3,(H,17,19)(H,18,20). The third-order valence-electron chi connectivity index (χ3n) is 2.75. The lowest BCUT2D eigenvalue weighted by molar-refractivity contribution is -0.118. The van der Waals surface area contributed by atoms with Crippen molar-refractivity contribution in [1.82, 2.24) is 10.6 Å². The predicted octanol–water partition coefficient (Wildman–Crippen LogP) is 1.31. The number of amides is 2. The highest BCUT2D eigenvalue weighted by atomic mass is 16.5. The molecule has 0 atom stereocenters. The van der Waals surface area contributed by atoms with E-state index in [9.17, 15) is 9.59 Å². The van der Waals surface area contributed by atoms with Crippen molar-refractivity contribution in [2.75, 3.05) is 25.4 Å². The normalized spacial score (nSPS) is 10.0. The summed E-state index contributed by atoms with van der Waals surface area (Å²) in [7, 11) is 0. The summed E-state index contributed by atoms with van der Waals surface area (Å²) in [6.45, 7) is 5.11. The summed E-state index contributed by atoms with van der Waals surface area (Å²) < 4.78 is 5.46. The molecule has 1 rings (SSSR count). The number of nitrogen functional groups attached to an aromatic ring is 1. The number of ether oxygens (including phenoxy) is 1. The summed E-state index contributed by atoms with van der Waals surface area (Å²) in [6.07, 6.45) is 1.58. The smallest absolute Gasteiger partial charge is 0.251 e. The quantitative estimate of drug-likeness (QED) is 0.497. The van der Waals surface area contributed by atoms with E-state index in [4.69, 9.17) is 10.5 Å². The average Bonchev–Trinajstić information content (AvgIpc) is 2.45. The molecule has 2 amide bonds. The number of nitrogens with two attached hydrogens (primary N) is 1. The lowest BCUT2D eigenvalue weighted by atomic mass is 10.1. The van der Waals surface area contributed by atoms with E-state index in [-0.39, 0.29) is 11.8 Å². The van der Waals surface area contributed by atoms with Crippen LogP contribution in [0.25, 0.3) is 0 Å². The molecule has 0 spiro atoms. The summed E-state index contributed by atoms with van der Waals surface area (Å²) in [5.41, 5.74) is 6.81. The minimum atomic E-state index is -0.188. The largest absolute Gasteiger partial charge is 0.491 e. The van der Waals surface area contributed by atoms with E-state index in [0.29, 0.717) is 43.1 Å². The third-order valence-corrected chi connectivity index (χ3v) is 2.75. The van der Waals surface area contributed by atoms with Crippen LogP contribution in [0.1, 0.15) is 37.0 Å². The molecule has 0 bridgehead atoms. The number of nitrogens with one attached hydrogen (secondary N) is 2. The first-order valence-electron chi connectivity index (χ1n) is 7.09. The van der Waals surface area contributed by atoms with Crippen LogP contribution in [0.2, 0.25) is 0 Å². The van der Waals surface area contributed by atoms with E-state index in [2.05, 4.69) is 10.6 Å². The minimum Gasteiger partial charge on any atom is -0.491 e. The molecule has 1 aromatic carbocycles. The number of carbonyl (C=O) groups is 2. The van der Waals surface area contributed by atoms with Crippen molar-refractivity contribution < 1.29 is 14.3 Å². The van der Waals surface area contributed by atoms with Crippen molar-refractivity contribution in [3.05, 3.63) is 23.8 Å². The molecular formula is C15H23N3O3. The molecule has 116 valence electrons. The maximum absolute atomic E-state index is 11.9. The minimum absolute atomic E-state index is 0.0724. The van der Waals surface area contributed by atoms with Crippen LogP contribution in [0.15, 0.2) is 18.2 Å². The van der Waals surface area contributed by atoms with Gasteiger partial charge in [-0.1, -0.05) is 6.92 Å². The highest BCUT2D eigenvalue weighted by Crippen LogP contribution is 2.22. The van der Waals surface area contributed by atoms with E-state index in [1.807, 2.05) is 6.92 Å². The molecule has 6 nitrogen and oxygen atoms in total.